The molecule has 4 nitrogen and oxygen atoms in total. The zero-order valence-corrected chi connectivity index (χ0v) is 12.1. The maximum Gasteiger partial charge on any atom is 0.399 e. The molecular formula is C13H14Cl2N2O2. The van der Waals surface area contributed by atoms with Crippen molar-refractivity contribution in [3.63, 3.8) is 0 Å². The van der Waals surface area contributed by atoms with E-state index in [1.165, 1.54) is 0 Å². The SMILES string of the molecule is CC(C)NCc1coc(Oc2cc(Cl)ccc2Cl)n1. The van der Waals surface area contributed by atoms with Gasteiger partial charge in [-0.2, -0.15) is 4.98 Å². The first-order chi connectivity index (χ1) is 9.04. The molecule has 0 unspecified atom stereocenters. The second-order valence-corrected chi connectivity index (χ2v) is 5.16. The van der Waals surface area contributed by atoms with Crippen LogP contribution in [0.4, 0.5) is 0 Å². The molecule has 0 fully saturated rings. The Hall–Kier alpha value is -1.23. The smallest absolute Gasteiger partial charge is 0.399 e. The van der Waals surface area contributed by atoms with E-state index in [4.69, 9.17) is 32.4 Å². The average Bonchev–Trinajstić information content (AvgIpc) is 2.79. The van der Waals surface area contributed by atoms with Crippen molar-refractivity contribution >= 4 is 23.2 Å². The fourth-order valence-corrected chi connectivity index (χ4v) is 1.69. The van der Waals surface area contributed by atoms with Gasteiger partial charge in [-0.1, -0.05) is 37.0 Å². The molecule has 0 saturated heterocycles. The van der Waals surface area contributed by atoms with Crippen molar-refractivity contribution in [2.45, 2.75) is 26.4 Å². The summed E-state index contributed by atoms with van der Waals surface area (Å²) >= 11 is 11.9. The Labute approximate surface area is 121 Å². The number of nitrogens with one attached hydrogen (secondary N) is 1. The molecule has 2 aromatic rings. The summed E-state index contributed by atoms with van der Waals surface area (Å²) in [4.78, 5) is 4.20. The summed E-state index contributed by atoms with van der Waals surface area (Å²) in [6, 6.07) is 5.33. The molecule has 1 N–H and O–H groups in total. The van der Waals surface area contributed by atoms with E-state index < -0.39 is 0 Å². The number of nitrogens with zero attached hydrogens (tertiary/aromatic N) is 1. The molecule has 102 valence electrons. The van der Waals surface area contributed by atoms with E-state index in [1.54, 1.807) is 24.5 Å². The van der Waals surface area contributed by atoms with Gasteiger partial charge < -0.3 is 14.5 Å². The van der Waals surface area contributed by atoms with E-state index in [0.29, 0.717) is 28.4 Å². The van der Waals surface area contributed by atoms with Gasteiger partial charge in [0.25, 0.3) is 0 Å². The summed E-state index contributed by atoms with van der Waals surface area (Å²) in [5.74, 6) is 0.416. The molecule has 0 saturated carbocycles. The highest BCUT2D eigenvalue weighted by atomic mass is 35.5. The first-order valence-corrected chi connectivity index (χ1v) is 6.61. The molecule has 0 spiro atoms. The van der Waals surface area contributed by atoms with Crippen LogP contribution in [-0.4, -0.2) is 11.0 Å². The van der Waals surface area contributed by atoms with Crippen LogP contribution in [0, 0.1) is 0 Å². The Kier molecular flexibility index (Phi) is 4.69. The molecule has 0 aliphatic carbocycles. The number of hydrogen-bond donors (Lipinski definition) is 1. The highest BCUT2D eigenvalue weighted by Crippen LogP contribution is 2.31. The van der Waals surface area contributed by atoms with Gasteiger partial charge in [0.2, 0.25) is 0 Å². The Bertz CT molecular complexity index is 555. The maximum atomic E-state index is 5.99. The van der Waals surface area contributed by atoms with Gasteiger partial charge >= 0.3 is 6.08 Å². The highest BCUT2D eigenvalue weighted by Gasteiger charge is 2.10. The van der Waals surface area contributed by atoms with Crippen LogP contribution >= 0.6 is 23.2 Å². The summed E-state index contributed by atoms with van der Waals surface area (Å²) in [6.45, 7) is 4.74. The van der Waals surface area contributed by atoms with Gasteiger partial charge in [-0.15, -0.1) is 0 Å². The lowest BCUT2D eigenvalue weighted by Crippen LogP contribution is -2.21. The van der Waals surface area contributed by atoms with Crippen LogP contribution in [0.1, 0.15) is 19.5 Å². The predicted molar refractivity (Wildman–Crippen MR) is 75.0 cm³/mol. The van der Waals surface area contributed by atoms with Crippen molar-refractivity contribution in [1.82, 2.24) is 10.3 Å². The fraction of sp³-hybridized carbons (Fsp3) is 0.308. The average molecular weight is 301 g/mol. The zero-order valence-electron chi connectivity index (χ0n) is 10.6. The van der Waals surface area contributed by atoms with Crippen molar-refractivity contribution in [3.8, 4) is 11.8 Å². The van der Waals surface area contributed by atoms with Gasteiger partial charge in [0.1, 0.15) is 6.26 Å². The Morgan fingerprint density at radius 2 is 2.16 bits per heavy atom. The van der Waals surface area contributed by atoms with Crippen LogP contribution in [-0.2, 0) is 6.54 Å². The molecule has 1 aromatic carbocycles. The van der Waals surface area contributed by atoms with Gasteiger partial charge in [-0.25, -0.2) is 0 Å². The number of benzene rings is 1. The monoisotopic (exact) mass is 300 g/mol. The molecule has 0 bridgehead atoms. The van der Waals surface area contributed by atoms with Crippen LogP contribution in [0.5, 0.6) is 11.8 Å². The van der Waals surface area contributed by atoms with Gasteiger partial charge in [0.05, 0.1) is 10.7 Å². The van der Waals surface area contributed by atoms with E-state index >= 15 is 0 Å². The fourth-order valence-electron chi connectivity index (χ4n) is 1.37. The molecule has 0 radical (unpaired) electrons. The summed E-state index contributed by atoms with van der Waals surface area (Å²) in [7, 11) is 0. The van der Waals surface area contributed by atoms with Crippen LogP contribution in [0.15, 0.2) is 28.9 Å². The summed E-state index contributed by atoms with van der Waals surface area (Å²) in [5, 5.41) is 4.22. The van der Waals surface area contributed by atoms with Crippen LogP contribution < -0.4 is 10.1 Å². The van der Waals surface area contributed by atoms with Crippen molar-refractivity contribution in [2.24, 2.45) is 0 Å². The topological polar surface area (TPSA) is 47.3 Å². The van der Waals surface area contributed by atoms with E-state index in [9.17, 15) is 0 Å². The molecule has 0 atom stereocenters. The third-order valence-electron chi connectivity index (χ3n) is 2.31. The first kappa shape index (κ1) is 14.2. The second kappa shape index (κ2) is 6.28. The molecule has 19 heavy (non-hydrogen) atoms. The number of ether oxygens (including phenoxy) is 1. The molecule has 2 rings (SSSR count). The van der Waals surface area contributed by atoms with Crippen LogP contribution in [0.25, 0.3) is 0 Å². The lowest BCUT2D eigenvalue weighted by Gasteiger charge is -2.04. The summed E-state index contributed by atoms with van der Waals surface area (Å²) < 4.78 is 10.7. The minimum atomic E-state index is 0.143. The van der Waals surface area contributed by atoms with E-state index in [2.05, 4.69) is 24.1 Å². The Morgan fingerprint density at radius 1 is 1.37 bits per heavy atom. The summed E-state index contributed by atoms with van der Waals surface area (Å²) in [5.41, 5.74) is 0.766. The maximum absolute atomic E-state index is 5.99. The molecule has 1 aromatic heterocycles. The molecule has 0 aliphatic rings. The first-order valence-electron chi connectivity index (χ1n) is 5.85. The second-order valence-electron chi connectivity index (χ2n) is 4.32. The van der Waals surface area contributed by atoms with Crippen molar-refractivity contribution in [1.29, 1.82) is 0 Å². The minimum Gasteiger partial charge on any atom is -0.417 e. The molecule has 0 amide bonds. The van der Waals surface area contributed by atoms with Gasteiger partial charge in [-0.3, -0.25) is 0 Å². The predicted octanol–water partition coefficient (Wildman–Crippen LogP) is 4.27. The third kappa shape index (κ3) is 4.13. The van der Waals surface area contributed by atoms with Crippen molar-refractivity contribution in [3.05, 3.63) is 40.2 Å². The normalized spacial score (nSPS) is 11.0. The van der Waals surface area contributed by atoms with Crippen LogP contribution in [0.3, 0.4) is 0 Å². The lowest BCUT2D eigenvalue weighted by molar-refractivity contribution is 0.331. The molecule has 1 heterocycles. The van der Waals surface area contributed by atoms with Gasteiger partial charge in [0.15, 0.2) is 5.75 Å². The van der Waals surface area contributed by atoms with E-state index in [0.717, 1.165) is 5.69 Å². The number of halogens is 2. The number of aromatic nitrogens is 1. The van der Waals surface area contributed by atoms with E-state index in [-0.39, 0.29) is 6.08 Å². The number of rotatable bonds is 5. The zero-order chi connectivity index (χ0) is 13.8. The highest BCUT2D eigenvalue weighted by molar-refractivity contribution is 6.34. The summed E-state index contributed by atoms with van der Waals surface area (Å²) in [6.07, 6.45) is 1.69. The third-order valence-corrected chi connectivity index (χ3v) is 2.86. The Balaban J connectivity index is 2.05. The van der Waals surface area contributed by atoms with Crippen LogP contribution in [0.2, 0.25) is 10.0 Å². The lowest BCUT2D eigenvalue weighted by atomic mass is 10.3. The quantitative estimate of drug-likeness (QED) is 0.895. The number of oxazole rings is 1. The standard InChI is InChI=1S/C13H14Cl2N2O2/c1-8(2)16-6-10-7-18-13(17-10)19-12-5-9(14)3-4-11(12)15/h3-5,7-8,16H,6H2,1-2H3. The van der Waals surface area contributed by atoms with Crippen molar-refractivity contribution < 1.29 is 9.15 Å². The number of hydrogen-bond acceptors (Lipinski definition) is 4. The largest absolute Gasteiger partial charge is 0.417 e. The Morgan fingerprint density at radius 3 is 2.89 bits per heavy atom. The molecule has 0 aliphatic heterocycles. The van der Waals surface area contributed by atoms with Gasteiger partial charge in [0, 0.05) is 23.7 Å². The molecule has 6 heteroatoms. The molecular weight excluding hydrogens is 287 g/mol. The van der Waals surface area contributed by atoms with Gasteiger partial charge in [-0.05, 0) is 12.1 Å². The minimum absolute atomic E-state index is 0.143. The van der Waals surface area contributed by atoms with E-state index in [1.807, 2.05) is 0 Å². The van der Waals surface area contributed by atoms with Crippen molar-refractivity contribution in [2.75, 3.05) is 0 Å².